The predicted molar refractivity (Wildman–Crippen MR) is 91.3 cm³/mol. The molecule has 0 bridgehead atoms. The molecule has 0 unspecified atom stereocenters. The van der Waals surface area contributed by atoms with Crippen LogP contribution in [0.2, 0.25) is 0 Å². The fourth-order valence-corrected chi connectivity index (χ4v) is 3.56. The number of rotatable bonds is 4. The normalized spacial score (nSPS) is 24.7. The van der Waals surface area contributed by atoms with Crippen molar-refractivity contribution in [2.75, 3.05) is 38.3 Å². The zero-order valence-electron chi connectivity index (χ0n) is 13.9. The van der Waals surface area contributed by atoms with Crippen molar-refractivity contribution < 1.29 is 9.53 Å². The Kier molecular flexibility index (Phi) is 5.18. The lowest BCUT2D eigenvalue weighted by molar-refractivity contribution is -0.134. The molecule has 1 saturated heterocycles. The number of carbonyl (C=O) groups excluding carboxylic acids is 1. The van der Waals surface area contributed by atoms with Gasteiger partial charge in [-0.1, -0.05) is 18.6 Å². The lowest BCUT2D eigenvalue weighted by Gasteiger charge is -2.29. The number of benzene rings is 1. The van der Waals surface area contributed by atoms with Gasteiger partial charge in [-0.05, 0) is 30.5 Å². The van der Waals surface area contributed by atoms with Gasteiger partial charge in [0.1, 0.15) is 0 Å². The molecule has 2 fully saturated rings. The maximum atomic E-state index is 12.5. The van der Waals surface area contributed by atoms with Gasteiger partial charge in [0.2, 0.25) is 5.91 Å². The maximum absolute atomic E-state index is 12.5. The van der Waals surface area contributed by atoms with Crippen LogP contribution in [-0.2, 0) is 16.1 Å². The molecule has 23 heavy (non-hydrogen) atoms. The Balaban J connectivity index is 1.58. The summed E-state index contributed by atoms with van der Waals surface area (Å²) in [6, 6.07) is 8.54. The topological polar surface area (TPSA) is 58.8 Å². The Bertz CT molecular complexity index is 526. The average Bonchev–Trinajstić information content (AvgIpc) is 3.01. The number of ether oxygens (including phenoxy) is 1. The SMILES string of the molecule is CN(Cc1ccc(N2CCOCC2)cc1)C(=O)[C@@H]1CCC[C@@H]1N. The third-order valence-corrected chi connectivity index (χ3v) is 5.00. The molecule has 1 aromatic rings. The molecular weight excluding hydrogens is 290 g/mol. The van der Waals surface area contributed by atoms with E-state index in [0.29, 0.717) is 6.54 Å². The van der Waals surface area contributed by atoms with Crippen molar-refractivity contribution >= 4 is 11.6 Å². The minimum atomic E-state index is 0.00706. The van der Waals surface area contributed by atoms with E-state index in [4.69, 9.17) is 10.5 Å². The van der Waals surface area contributed by atoms with E-state index in [-0.39, 0.29) is 17.9 Å². The van der Waals surface area contributed by atoms with Crippen LogP contribution in [0.15, 0.2) is 24.3 Å². The van der Waals surface area contributed by atoms with Gasteiger partial charge in [0.05, 0.1) is 19.1 Å². The number of nitrogens with zero attached hydrogens (tertiary/aromatic N) is 2. The van der Waals surface area contributed by atoms with Gasteiger partial charge in [-0.15, -0.1) is 0 Å². The molecule has 1 aliphatic carbocycles. The number of amides is 1. The van der Waals surface area contributed by atoms with Crippen LogP contribution in [-0.4, -0.2) is 50.2 Å². The Hall–Kier alpha value is -1.59. The molecule has 0 aromatic heterocycles. The van der Waals surface area contributed by atoms with Crippen molar-refractivity contribution in [2.45, 2.75) is 31.8 Å². The first-order valence-corrected chi connectivity index (χ1v) is 8.57. The molecule has 2 aliphatic rings. The Morgan fingerprint density at radius 1 is 1.26 bits per heavy atom. The first-order chi connectivity index (χ1) is 11.1. The second kappa shape index (κ2) is 7.32. The average molecular weight is 317 g/mol. The van der Waals surface area contributed by atoms with Crippen LogP contribution in [0.3, 0.4) is 0 Å². The molecule has 1 heterocycles. The van der Waals surface area contributed by atoms with Crippen molar-refractivity contribution in [1.82, 2.24) is 4.90 Å². The van der Waals surface area contributed by atoms with Crippen LogP contribution in [0.1, 0.15) is 24.8 Å². The van der Waals surface area contributed by atoms with E-state index in [1.54, 1.807) is 0 Å². The molecular formula is C18H27N3O2. The number of carbonyl (C=O) groups is 1. The van der Waals surface area contributed by atoms with E-state index >= 15 is 0 Å². The Morgan fingerprint density at radius 3 is 2.57 bits per heavy atom. The summed E-state index contributed by atoms with van der Waals surface area (Å²) in [6.45, 7) is 4.11. The molecule has 2 N–H and O–H groups in total. The van der Waals surface area contributed by atoms with Gasteiger partial charge in [0, 0.05) is 38.4 Å². The van der Waals surface area contributed by atoms with Gasteiger partial charge in [0.25, 0.3) is 0 Å². The predicted octanol–water partition coefficient (Wildman–Crippen LogP) is 1.61. The fourth-order valence-electron chi connectivity index (χ4n) is 3.56. The second-order valence-electron chi connectivity index (χ2n) is 6.66. The lowest BCUT2D eigenvalue weighted by atomic mass is 10.0. The van der Waals surface area contributed by atoms with E-state index in [0.717, 1.165) is 51.1 Å². The van der Waals surface area contributed by atoms with E-state index in [9.17, 15) is 4.79 Å². The van der Waals surface area contributed by atoms with Crippen LogP contribution in [0.5, 0.6) is 0 Å². The molecule has 1 aromatic carbocycles. The second-order valence-corrected chi connectivity index (χ2v) is 6.66. The van der Waals surface area contributed by atoms with Gasteiger partial charge in [-0.2, -0.15) is 0 Å². The van der Waals surface area contributed by atoms with Crippen LogP contribution in [0.25, 0.3) is 0 Å². The third kappa shape index (κ3) is 3.85. The molecule has 2 atom stereocenters. The van der Waals surface area contributed by atoms with Gasteiger partial charge in [-0.3, -0.25) is 4.79 Å². The Morgan fingerprint density at radius 2 is 1.96 bits per heavy atom. The molecule has 0 spiro atoms. The smallest absolute Gasteiger partial charge is 0.227 e. The molecule has 1 amide bonds. The number of morpholine rings is 1. The van der Waals surface area contributed by atoms with Gasteiger partial charge < -0.3 is 20.3 Å². The highest BCUT2D eigenvalue weighted by molar-refractivity contribution is 5.79. The lowest BCUT2D eigenvalue weighted by Crippen LogP contribution is -2.39. The molecule has 5 heteroatoms. The summed E-state index contributed by atoms with van der Waals surface area (Å²) in [4.78, 5) is 16.7. The highest BCUT2D eigenvalue weighted by atomic mass is 16.5. The minimum absolute atomic E-state index is 0.00706. The molecule has 3 rings (SSSR count). The minimum Gasteiger partial charge on any atom is -0.378 e. The van der Waals surface area contributed by atoms with E-state index in [1.165, 1.54) is 5.69 Å². The first-order valence-electron chi connectivity index (χ1n) is 8.57. The van der Waals surface area contributed by atoms with Crippen molar-refractivity contribution in [3.63, 3.8) is 0 Å². The molecule has 1 aliphatic heterocycles. The fraction of sp³-hybridized carbons (Fsp3) is 0.611. The standard InChI is InChI=1S/C18H27N3O2/c1-20(18(22)16-3-2-4-17(16)19)13-14-5-7-15(8-6-14)21-9-11-23-12-10-21/h5-8,16-17H,2-4,9-13,19H2,1H3/t16-,17+/m1/s1. The summed E-state index contributed by atoms with van der Waals surface area (Å²) in [5, 5.41) is 0. The van der Waals surface area contributed by atoms with Gasteiger partial charge in [-0.25, -0.2) is 0 Å². The van der Waals surface area contributed by atoms with Crippen LogP contribution in [0.4, 0.5) is 5.69 Å². The van der Waals surface area contributed by atoms with Crippen molar-refractivity contribution in [3.8, 4) is 0 Å². The van der Waals surface area contributed by atoms with Crippen LogP contribution < -0.4 is 10.6 Å². The summed E-state index contributed by atoms with van der Waals surface area (Å²) in [5.74, 6) is 0.194. The van der Waals surface area contributed by atoms with E-state index in [2.05, 4.69) is 29.2 Å². The summed E-state index contributed by atoms with van der Waals surface area (Å²) >= 11 is 0. The maximum Gasteiger partial charge on any atom is 0.227 e. The van der Waals surface area contributed by atoms with E-state index in [1.807, 2.05) is 11.9 Å². The number of hydrogen-bond acceptors (Lipinski definition) is 4. The summed E-state index contributed by atoms with van der Waals surface area (Å²) in [6.07, 6.45) is 2.97. The summed E-state index contributed by atoms with van der Waals surface area (Å²) in [7, 11) is 1.88. The molecule has 5 nitrogen and oxygen atoms in total. The largest absolute Gasteiger partial charge is 0.378 e. The zero-order valence-corrected chi connectivity index (χ0v) is 13.9. The highest BCUT2D eigenvalue weighted by Crippen LogP contribution is 2.26. The van der Waals surface area contributed by atoms with Crippen LogP contribution >= 0.6 is 0 Å². The number of hydrogen-bond donors (Lipinski definition) is 1. The van der Waals surface area contributed by atoms with Crippen molar-refractivity contribution in [3.05, 3.63) is 29.8 Å². The quantitative estimate of drug-likeness (QED) is 0.916. The monoisotopic (exact) mass is 317 g/mol. The third-order valence-electron chi connectivity index (χ3n) is 5.00. The number of anilines is 1. The van der Waals surface area contributed by atoms with Crippen molar-refractivity contribution in [1.29, 1.82) is 0 Å². The molecule has 126 valence electrons. The zero-order chi connectivity index (χ0) is 16.2. The first kappa shape index (κ1) is 16.3. The van der Waals surface area contributed by atoms with Gasteiger partial charge >= 0.3 is 0 Å². The van der Waals surface area contributed by atoms with E-state index < -0.39 is 0 Å². The van der Waals surface area contributed by atoms with Crippen LogP contribution in [0, 0.1) is 5.92 Å². The molecule has 0 radical (unpaired) electrons. The van der Waals surface area contributed by atoms with Crippen molar-refractivity contribution in [2.24, 2.45) is 11.7 Å². The Labute approximate surface area is 138 Å². The summed E-state index contributed by atoms with van der Waals surface area (Å²) < 4.78 is 5.39. The highest BCUT2D eigenvalue weighted by Gasteiger charge is 2.32. The van der Waals surface area contributed by atoms with Gasteiger partial charge in [0.15, 0.2) is 0 Å². The molecule has 1 saturated carbocycles. The summed E-state index contributed by atoms with van der Waals surface area (Å²) in [5.41, 5.74) is 8.43. The number of nitrogens with two attached hydrogens (primary N) is 1.